The predicted molar refractivity (Wildman–Crippen MR) is 116 cm³/mol. The molecular weight excluding hydrogens is 451 g/mol. The molecule has 0 spiro atoms. The Morgan fingerprint density at radius 3 is 2.83 bits per heavy atom. The van der Waals surface area contributed by atoms with Crippen LogP contribution in [0.4, 0.5) is 5.69 Å². The number of carbonyl (C=O) groups excluding carboxylic acids is 1. The van der Waals surface area contributed by atoms with Crippen LogP contribution in [0, 0.1) is 0 Å². The van der Waals surface area contributed by atoms with Gasteiger partial charge >= 0.3 is 0 Å². The van der Waals surface area contributed by atoms with Crippen molar-refractivity contribution in [1.29, 1.82) is 0 Å². The third-order valence-electron chi connectivity index (χ3n) is 4.15. The number of rotatable bonds is 10. The van der Waals surface area contributed by atoms with Crippen molar-refractivity contribution >= 4 is 44.8 Å². The van der Waals surface area contributed by atoms with Gasteiger partial charge in [-0.05, 0) is 43.5 Å². The number of halogens is 2. The molecule has 0 unspecified atom stereocenters. The smallest absolute Gasteiger partial charge is 0.257 e. The summed E-state index contributed by atoms with van der Waals surface area (Å²) in [6, 6.07) is 6.82. The zero-order valence-electron chi connectivity index (χ0n) is 15.8. The summed E-state index contributed by atoms with van der Waals surface area (Å²) in [7, 11) is -3.34. The Bertz CT molecular complexity index is 1060. The van der Waals surface area contributed by atoms with E-state index in [1.54, 1.807) is 24.3 Å². The van der Waals surface area contributed by atoms with Gasteiger partial charge in [0.05, 0.1) is 5.25 Å². The lowest BCUT2D eigenvalue weighted by Crippen LogP contribution is -2.22. The first-order valence-corrected chi connectivity index (χ1v) is 11.6. The third kappa shape index (κ3) is 6.86. The highest BCUT2D eigenvalue weighted by Crippen LogP contribution is 2.30. The Hall–Kier alpha value is -2.36. The number of benzene rings is 1. The SMILES string of the molecule is O=C(/C=C/C=C(Cl)Cl)NCCCc1noc(-c2cccc(NS(=O)(=O)C3CC3)c2)n1. The predicted octanol–water partition coefficient (Wildman–Crippen LogP) is 3.56. The molecule has 3 rings (SSSR count). The van der Waals surface area contributed by atoms with Gasteiger partial charge in [0.1, 0.15) is 4.49 Å². The van der Waals surface area contributed by atoms with Crippen molar-refractivity contribution in [3.05, 3.63) is 52.8 Å². The maximum absolute atomic E-state index is 12.1. The molecule has 1 saturated carbocycles. The topological polar surface area (TPSA) is 114 Å². The molecule has 2 aromatic rings. The minimum atomic E-state index is -3.34. The van der Waals surface area contributed by atoms with Crippen LogP contribution < -0.4 is 10.0 Å². The van der Waals surface area contributed by atoms with E-state index in [0.717, 1.165) is 0 Å². The molecule has 1 aliphatic carbocycles. The minimum Gasteiger partial charge on any atom is -0.353 e. The number of hydrogen-bond donors (Lipinski definition) is 2. The number of nitrogens with one attached hydrogen (secondary N) is 2. The summed E-state index contributed by atoms with van der Waals surface area (Å²) < 4.78 is 32.1. The van der Waals surface area contributed by atoms with Crippen LogP contribution in [0.1, 0.15) is 25.1 Å². The zero-order chi connectivity index (χ0) is 21.6. The minimum absolute atomic E-state index is 0.0674. The van der Waals surface area contributed by atoms with Crippen LogP contribution in [-0.2, 0) is 21.2 Å². The number of aryl methyl sites for hydroxylation is 1. The van der Waals surface area contributed by atoms with Gasteiger partial charge in [-0.2, -0.15) is 4.98 Å². The summed E-state index contributed by atoms with van der Waals surface area (Å²) in [5.41, 5.74) is 1.08. The summed E-state index contributed by atoms with van der Waals surface area (Å²) in [6.45, 7) is 0.434. The lowest BCUT2D eigenvalue weighted by molar-refractivity contribution is -0.116. The quantitative estimate of drug-likeness (QED) is 0.311. The van der Waals surface area contributed by atoms with Gasteiger partial charge < -0.3 is 9.84 Å². The van der Waals surface area contributed by atoms with E-state index in [1.807, 2.05) is 0 Å². The Kier molecular flexibility index (Phi) is 7.52. The van der Waals surface area contributed by atoms with Crippen molar-refractivity contribution in [1.82, 2.24) is 15.5 Å². The summed E-state index contributed by atoms with van der Waals surface area (Å²) in [6.07, 6.45) is 6.68. The fraction of sp³-hybridized carbons (Fsp3) is 0.316. The Morgan fingerprint density at radius 2 is 2.10 bits per heavy atom. The Morgan fingerprint density at radius 1 is 1.30 bits per heavy atom. The second-order valence-corrected chi connectivity index (χ2v) is 9.62. The van der Waals surface area contributed by atoms with Crippen molar-refractivity contribution in [3.8, 4) is 11.5 Å². The van der Waals surface area contributed by atoms with Crippen molar-refractivity contribution in [2.24, 2.45) is 0 Å². The standard InChI is InChI=1S/C19H20Cl2N4O4S/c20-16(21)6-2-8-18(26)22-11-3-7-17-23-19(29-24-17)13-4-1-5-14(12-13)25-30(27,28)15-9-10-15/h1-2,4-6,8,12,15,25H,3,7,9-11H2,(H,22,26)/b8-2+. The van der Waals surface area contributed by atoms with Crippen molar-refractivity contribution < 1.29 is 17.7 Å². The van der Waals surface area contributed by atoms with E-state index in [-0.39, 0.29) is 15.6 Å². The third-order valence-corrected chi connectivity index (χ3v) is 6.27. The highest BCUT2D eigenvalue weighted by molar-refractivity contribution is 7.93. The molecule has 0 saturated heterocycles. The molecule has 1 aromatic carbocycles. The monoisotopic (exact) mass is 470 g/mol. The number of aromatic nitrogens is 2. The average Bonchev–Trinajstić information content (AvgIpc) is 3.45. The van der Waals surface area contributed by atoms with Gasteiger partial charge in [0.15, 0.2) is 5.82 Å². The summed E-state index contributed by atoms with van der Waals surface area (Å²) >= 11 is 10.9. The van der Waals surface area contributed by atoms with Crippen LogP contribution in [0.3, 0.4) is 0 Å². The average molecular weight is 471 g/mol. The second kappa shape index (κ2) is 10.1. The maximum atomic E-state index is 12.1. The summed E-state index contributed by atoms with van der Waals surface area (Å²) in [5.74, 6) is 0.532. The molecule has 11 heteroatoms. The van der Waals surface area contributed by atoms with Crippen LogP contribution >= 0.6 is 23.2 Å². The molecule has 1 aliphatic rings. The molecule has 0 atom stereocenters. The highest BCUT2D eigenvalue weighted by atomic mass is 35.5. The number of hydrogen-bond acceptors (Lipinski definition) is 6. The van der Waals surface area contributed by atoms with Gasteiger partial charge in [-0.25, -0.2) is 8.42 Å². The fourth-order valence-electron chi connectivity index (χ4n) is 2.54. The van der Waals surface area contributed by atoms with Gasteiger partial charge in [-0.15, -0.1) is 0 Å². The number of carbonyl (C=O) groups is 1. The first-order chi connectivity index (χ1) is 14.3. The zero-order valence-corrected chi connectivity index (χ0v) is 18.2. The Labute approximate surface area is 184 Å². The molecule has 1 heterocycles. The van der Waals surface area contributed by atoms with Crippen molar-refractivity contribution in [3.63, 3.8) is 0 Å². The van der Waals surface area contributed by atoms with Crippen LogP contribution in [0.5, 0.6) is 0 Å². The molecule has 0 radical (unpaired) electrons. The van der Waals surface area contributed by atoms with Gasteiger partial charge in [-0.1, -0.05) is 40.5 Å². The van der Waals surface area contributed by atoms with E-state index in [2.05, 4.69) is 20.2 Å². The molecular formula is C19H20Cl2N4O4S. The summed E-state index contributed by atoms with van der Waals surface area (Å²) in [5, 5.41) is 6.34. The number of sulfonamides is 1. The van der Waals surface area contributed by atoms with Crippen LogP contribution in [0.25, 0.3) is 11.5 Å². The lowest BCUT2D eigenvalue weighted by Gasteiger charge is -2.07. The lowest BCUT2D eigenvalue weighted by atomic mass is 10.2. The van der Waals surface area contributed by atoms with Crippen LogP contribution in [0.2, 0.25) is 0 Å². The number of amides is 1. The highest BCUT2D eigenvalue weighted by Gasteiger charge is 2.35. The first kappa shape index (κ1) is 22.3. The molecule has 1 aromatic heterocycles. The molecule has 1 fully saturated rings. The van der Waals surface area contributed by atoms with Gasteiger partial charge in [-0.3, -0.25) is 9.52 Å². The number of allylic oxidation sites excluding steroid dienone is 2. The van der Waals surface area contributed by atoms with Crippen LogP contribution in [0.15, 0.2) is 51.5 Å². The van der Waals surface area contributed by atoms with E-state index >= 15 is 0 Å². The Balaban J connectivity index is 1.50. The van der Waals surface area contributed by atoms with Crippen LogP contribution in [-0.4, -0.2) is 36.3 Å². The normalized spacial score (nSPS) is 13.9. The molecule has 160 valence electrons. The second-order valence-electron chi connectivity index (χ2n) is 6.65. The molecule has 0 aliphatic heterocycles. The molecule has 8 nitrogen and oxygen atoms in total. The van der Waals surface area contributed by atoms with E-state index in [0.29, 0.717) is 55.2 Å². The van der Waals surface area contributed by atoms with Crippen molar-refractivity contribution in [2.45, 2.75) is 30.9 Å². The number of anilines is 1. The van der Waals surface area contributed by atoms with Gasteiger partial charge in [0.2, 0.25) is 15.9 Å². The molecule has 0 bridgehead atoms. The van der Waals surface area contributed by atoms with E-state index in [4.69, 9.17) is 27.7 Å². The van der Waals surface area contributed by atoms with Crippen molar-refractivity contribution in [2.75, 3.05) is 11.3 Å². The first-order valence-electron chi connectivity index (χ1n) is 9.25. The van der Waals surface area contributed by atoms with Gasteiger partial charge in [0, 0.05) is 30.3 Å². The van der Waals surface area contributed by atoms with E-state index in [1.165, 1.54) is 18.2 Å². The number of nitrogens with zero attached hydrogens (tertiary/aromatic N) is 2. The maximum Gasteiger partial charge on any atom is 0.257 e. The van der Waals surface area contributed by atoms with E-state index < -0.39 is 10.0 Å². The largest absolute Gasteiger partial charge is 0.353 e. The van der Waals surface area contributed by atoms with Gasteiger partial charge in [0.25, 0.3) is 5.89 Å². The molecule has 1 amide bonds. The summed E-state index contributed by atoms with van der Waals surface area (Å²) in [4.78, 5) is 15.9. The molecule has 30 heavy (non-hydrogen) atoms. The molecule has 2 N–H and O–H groups in total. The fourth-order valence-corrected chi connectivity index (χ4v) is 4.06. The van der Waals surface area contributed by atoms with E-state index in [9.17, 15) is 13.2 Å².